The molecule has 0 aliphatic carbocycles. The lowest BCUT2D eigenvalue weighted by Gasteiger charge is -2.13. The van der Waals surface area contributed by atoms with E-state index >= 15 is 0 Å². The third kappa shape index (κ3) is 5.73. The zero-order chi connectivity index (χ0) is 16.8. The fourth-order valence-electron chi connectivity index (χ4n) is 2.20. The van der Waals surface area contributed by atoms with E-state index in [1.165, 1.54) is 29.7 Å². The first-order valence-corrected chi connectivity index (χ1v) is 8.41. The van der Waals surface area contributed by atoms with E-state index in [-0.39, 0.29) is 18.3 Å². The molecule has 4 nitrogen and oxygen atoms in total. The zero-order valence-electron chi connectivity index (χ0n) is 13.3. The van der Waals surface area contributed by atoms with Crippen LogP contribution in [0.4, 0.5) is 4.39 Å². The molecule has 2 aromatic rings. The Bertz CT molecular complexity index is 640. The van der Waals surface area contributed by atoms with Crippen molar-refractivity contribution in [1.82, 2.24) is 10.3 Å². The molecule has 0 fully saturated rings. The van der Waals surface area contributed by atoms with Crippen molar-refractivity contribution in [1.29, 1.82) is 0 Å². The maximum atomic E-state index is 12.9. The van der Waals surface area contributed by atoms with Crippen LogP contribution >= 0.6 is 11.3 Å². The lowest BCUT2D eigenvalue weighted by atomic mass is 10.1. The van der Waals surface area contributed by atoms with Crippen molar-refractivity contribution in [2.24, 2.45) is 5.92 Å². The summed E-state index contributed by atoms with van der Waals surface area (Å²) in [5, 5.41) is 13.3. The second-order valence-electron chi connectivity index (χ2n) is 5.91. The van der Waals surface area contributed by atoms with Crippen molar-refractivity contribution >= 4 is 17.2 Å². The Balaban J connectivity index is 1.88. The number of nitrogens with zero attached hydrogens (tertiary/aromatic N) is 1. The molecule has 0 bridgehead atoms. The van der Waals surface area contributed by atoms with Gasteiger partial charge in [-0.15, -0.1) is 11.3 Å². The highest BCUT2D eigenvalue weighted by Gasteiger charge is 2.13. The van der Waals surface area contributed by atoms with Crippen LogP contribution in [0.15, 0.2) is 30.5 Å². The predicted molar refractivity (Wildman–Crippen MR) is 89.1 cm³/mol. The number of nitrogens with one attached hydrogen (secondary N) is 1. The quantitative estimate of drug-likeness (QED) is 0.817. The predicted octanol–water partition coefficient (Wildman–Crippen LogP) is 3.01. The number of hydrogen-bond acceptors (Lipinski definition) is 4. The normalized spacial score (nSPS) is 12.4. The smallest absolute Gasteiger partial charge is 0.263 e. The van der Waals surface area contributed by atoms with Crippen LogP contribution in [0.2, 0.25) is 0 Å². The Labute approximate surface area is 139 Å². The number of aliphatic hydroxyl groups is 1. The van der Waals surface area contributed by atoms with E-state index in [4.69, 9.17) is 0 Å². The third-order valence-electron chi connectivity index (χ3n) is 3.29. The average Bonchev–Trinajstić information content (AvgIpc) is 2.95. The summed E-state index contributed by atoms with van der Waals surface area (Å²) in [5.74, 6) is -0.115. The van der Waals surface area contributed by atoms with Gasteiger partial charge >= 0.3 is 0 Å². The summed E-state index contributed by atoms with van der Waals surface area (Å²) in [7, 11) is 0. The minimum atomic E-state index is -0.537. The van der Waals surface area contributed by atoms with E-state index in [1.54, 1.807) is 12.1 Å². The summed E-state index contributed by atoms with van der Waals surface area (Å²) in [6.45, 7) is 4.29. The molecule has 124 valence electrons. The van der Waals surface area contributed by atoms with Gasteiger partial charge in [-0.25, -0.2) is 9.37 Å². The molecule has 1 atom stereocenters. The number of carbonyl (C=O) groups is 1. The van der Waals surface area contributed by atoms with Crippen molar-refractivity contribution < 1.29 is 14.3 Å². The Morgan fingerprint density at radius 1 is 1.35 bits per heavy atom. The largest absolute Gasteiger partial charge is 0.391 e. The molecule has 0 radical (unpaired) electrons. The van der Waals surface area contributed by atoms with Crippen LogP contribution in [0.3, 0.4) is 0 Å². The van der Waals surface area contributed by atoms with Crippen molar-refractivity contribution in [3.8, 4) is 0 Å². The van der Waals surface area contributed by atoms with Crippen LogP contribution in [-0.4, -0.2) is 28.6 Å². The van der Waals surface area contributed by atoms with Gasteiger partial charge in [-0.1, -0.05) is 26.0 Å². The van der Waals surface area contributed by atoms with Gasteiger partial charge in [0.25, 0.3) is 5.91 Å². The highest BCUT2D eigenvalue weighted by Crippen LogP contribution is 2.17. The van der Waals surface area contributed by atoms with Gasteiger partial charge in [-0.3, -0.25) is 4.79 Å². The van der Waals surface area contributed by atoms with Gasteiger partial charge in [0, 0.05) is 13.0 Å². The molecule has 2 N–H and O–H groups in total. The molecule has 0 saturated heterocycles. The van der Waals surface area contributed by atoms with E-state index in [9.17, 15) is 14.3 Å². The van der Waals surface area contributed by atoms with Crippen molar-refractivity contribution in [3.63, 3.8) is 0 Å². The Hall–Kier alpha value is -1.79. The number of carbonyl (C=O) groups excluding carboxylic acids is 1. The second kappa shape index (κ2) is 8.17. The zero-order valence-corrected chi connectivity index (χ0v) is 14.1. The first-order valence-electron chi connectivity index (χ1n) is 7.59. The van der Waals surface area contributed by atoms with Crippen LogP contribution in [-0.2, 0) is 6.42 Å². The topological polar surface area (TPSA) is 62.2 Å². The lowest BCUT2D eigenvalue weighted by molar-refractivity contribution is 0.0904. The number of amides is 1. The molecule has 1 heterocycles. The molecule has 0 aliphatic rings. The average molecular weight is 336 g/mol. The second-order valence-corrected chi connectivity index (χ2v) is 7.03. The van der Waals surface area contributed by atoms with Gasteiger partial charge in [0.2, 0.25) is 0 Å². The minimum absolute atomic E-state index is 0.226. The molecule has 1 amide bonds. The van der Waals surface area contributed by atoms with Crippen LogP contribution in [0, 0.1) is 11.7 Å². The summed E-state index contributed by atoms with van der Waals surface area (Å²) in [5.41, 5.74) is 0.945. The first kappa shape index (κ1) is 17.6. The summed E-state index contributed by atoms with van der Waals surface area (Å²) < 4.78 is 12.9. The standard InChI is InChI=1S/C17H21FN2O2S/c1-11(2)7-14(21)9-20-17(22)15-10-19-16(23-15)8-12-3-5-13(18)6-4-12/h3-6,10-11,14,21H,7-9H2,1-2H3,(H,20,22). The monoisotopic (exact) mass is 336 g/mol. The number of benzene rings is 1. The molecular weight excluding hydrogens is 315 g/mol. The van der Waals surface area contributed by atoms with Crippen molar-refractivity contribution in [2.45, 2.75) is 32.8 Å². The van der Waals surface area contributed by atoms with Crippen LogP contribution in [0.25, 0.3) is 0 Å². The van der Waals surface area contributed by atoms with Gasteiger partial charge in [-0.05, 0) is 30.0 Å². The minimum Gasteiger partial charge on any atom is -0.391 e. The number of thiazole rings is 1. The number of hydrogen-bond donors (Lipinski definition) is 2. The van der Waals surface area contributed by atoms with Gasteiger partial charge in [-0.2, -0.15) is 0 Å². The Kier molecular flexibility index (Phi) is 6.24. The maximum absolute atomic E-state index is 12.9. The number of rotatable bonds is 7. The molecule has 6 heteroatoms. The van der Waals surface area contributed by atoms with Gasteiger partial charge in [0.1, 0.15) is 10.7 Å². The number of halogens is 1. The van der Waals surface area contributed by atoms with Crippen molar-refractivity contribution in [2.75, 3.05) is 6.54 Å². The fraction of sp³-hybridized carbons (Fsp3) is 0.412. The summed E-state index contributed by atoms with van der Waals surface area (Å²) >= 11 is 1.31. The fourth-order valence-corrected chi connectivity index (χ4v) is 3.07. The molecule has 1 aromatic heterocycles. The Morgan fingerprint density at radius 2 is 2.04 bits per heavy atom. The summed E-state index contributed by atoms with van der Waals surface area (Å²) in [6, 6.07) is 6.23. The first-order chi connectivity index (χ1) is 10.9. The third-order valence-corrected chi connectivity index (χ3v) is 4.28. The Morgan fingerprint density at radius 3 is 2.70 bits per heavy atom. The highest BCUT2D eigenvalue weighted by atomic mass is 32.1. The van der Waals surface area contributed by atoms with E-state index in [0.717, 1.165) is 10.6 Å². The molecule has 0 spiro atoms. The summed E-state index contributed by atoms with van der Waals surface area (Å²) in [4.78, 5) is 16.8. The van der Waals surface area contributed by atoms with E-state index < -0.39 is 6.10 Å². The van der Waals surface area contributed by atoms with E-state index in [2.05, 4.69) is 10.3 Å². The van der Waals surface area contributed by atoms with Crippen molar-refractivity contribution in [3.05, 3.63) is 51.7 Å². The molecule has 23 heavy (non-hydrogen) atoms. The van der Waals surface area contributed by atoms with Crippen LogP contribution < -0.4 is 5.32 Å². The summed E-state index contributed by atoms with van der Waals surface area (Å²) in [6.07, 6.45) is 2.21. The van der Waals surface area contributed by atoms with E-state index in [1.807, 2.05) is 13.8 Å². The lowest BCUT2D eigenvalue weighted by Crippen LogP contribution is -2.32. The van der Waals surface area contributed by atoms with Gasteiger partial charge in [0.15, 0.2) is 0 Å². The molecule has 2 rings (SSSR count). The molecule has 1 aromatic carbocycles. The molecule has 0 aliphatic heterocycles. The van der Waals surface area contributed by atoms with Crippen LogP contribution in [0.5, 0.6) is 0 Å². The number of aliphatic hydroxyl groups excluding tert-OH is 1. The maximum Gasteiger partial charge on any atom is 0.263 e. The molecule has 0 saturated carbocycles. The van der Waals surface area contributed by atoms with Gasteiger partial charge < -0.3 is 10.4 Å². The van der Waals surface area contributed by atoms with E-state index in [0.29, 0.717) is 23.6 Å². The molecule has 1 unspecified atom stereocenters. The number of aromatic nitrogens is 1. The highest BCUT2D eigenvalue weighted by molar-refractivity contribution is 7.13. The SMILES string of the molecule is CC(C)CC(O)CNC(=O)c1cnc(Cc2ccc(F)cc2)s1. The van der Waals surface area contributed by atoms with Crippen LogP contribution in [0.1, 0.15) is 40.5 Å². The molecular formula is C17H21FN2O2S. The van der Waals surface area contributed by atoms with Gasteiger partial charge in [0.05, 0.1) is 17.3 Å².